The van der Waals surface area contributed by atoms with Crippen LogP contribution >= 0.6 is 0 Å². The molecule has 122 valence electrons. The van der Waals surface area contributed by atoms with Gasteiger partial charge in [-0.25, -0.2) is 9.18 Å². The molecule has 0 radical (unpaired) electrons. The van der Waals surface area contributed by atoms with Crippen molar-refractivity contribution in [1.82, 2.24) is 10.2 Å². The van der Waals surface area contributed by atoms with E-state index in [0.717, 1.165) is 12.8 Å². The molecule has 2 amide bonds. The predicted octanol–water partition coefficient (Wildman–Crippen LogP) is 2.72. The van der Waals surface area contributed by atoms with Crippen LogP contribution in [0.25, 0.3) is 0 Å². The molecule has 1 saturated heterocycles. The first-order valence-corrected chi connectivity index (χ1v) is 7.47. The number of hydrogen-bond donors (Lipinski definition) is 1. The Bertz CT molecular complexity index is 516. The highest BCUT2D eigenvalue weighted by Crippen LogP contribution is 2.27. The molecule has 6 heteroatoms. The van der Waals surface area contributed by atoms with Crippen molar-refractivity contribution in [3.05, 3.63) is 29.6 Å². The second-order valence-corrected chi connectivity index (χ2v) is 5.45. The first-order chi connectivity index (χ1) is 10.6. The lowest BCUT2D eigenvalue weighted by molar-refractivity contribution is 0.0500. The number of benzene rings is 1. The Kier molecular flexibility index (Phi) is 5.60. The van der Waals surface area contributed by atoms with Crippen molar-refractivity contribution >= 4 is 6.03 Å². The van der Waals surface area contributed by atoms with E-state index in [1.165, 1.54) is 13.2 Å². The van der Waals surface area contributed by atoms with Crippen LogP contribution in [0.15, 0.2) is 18.2 Å². The summed E-state index contributed by atoms with van der Waals surface area (Å²) in [5.41, 5.74) is 0.366. The predicted molar refractivity (Wildman–Crippen MR) is 81.5 cm³/mol. The highest BCUT2D eigenvalue weighted by atomic mass is 19.1. The van der Waals surface area contributed by atoms with Crippen LogP contribution in [0.1, 0.15) is 31.4 Å². The Hall–Kier alpha value is -1.82. The van der Waals surface area contributed by atoms with Gasteiger partial charge in [0.05, 0.1) is 24.8 Å². The summed E-state index contributed by atoms with van der Waals surface area (Å²) in [6.07, 6.45) is 1.86. The van der Waals surface area contributed by atoms with Gasteiger partial charge in [-0.3, -0.25) is 0 Å². The molecule has 1 atom stereocenters. The molecule has 22 heavy (non-hydrogen) atoms. The maximum atomic E-state index is 14.0. The quantitative estimate of drug-likeness (QED) is 0.930. The maximum Gasteiger partial charge on any atom is 0.317 e. The van der Waals surface area contributed by atoms with Crippen LogP contribution in [0, 0.1) is 5.82 Å². The fourth-order valence-electron chi connectivity index (χ4n) is 2.76. The van der Waals surface area contributed by atoms with Crippen LogP contribution < -0.4 is 10.1 Å². The fourth-order valence-corrected chi connectivity index (χ4v) is 2.76. The number of halogens is 1. The smallest absolute Gasteiger partial charge is 0.317 e. The lowest BCUT2D eigenvalue weighted by Gasteiger charge is -2.32. The molecule has 1 aromatic rings. The topological polar surface area (TPSA) is 50.8 Å². The van der Waals surface area contributed by atoms with Crippen molar-refractivity contribution < 1.29 is 18.7 Å². The molecular weight excluding hydrogens is 287 g/mol. The fraction of sp³-hybridized carbons (Fsp3) is 0.562. The van der Waals surface area contributed by atoms with Crippen molar-refractivity contribution in [2.45, 2.75) is 31.9 Å². The average Bonchev–Trinajstić information content (AvgIpc) is 2.54. The van der Waals surface area contributed by atoms with Crippen LogP contribution in [-0.4, -0.2) is 44.3 Å². The summed E-state index contributed by atoms with van der Waals surface area (Å²) in [5.74, 6) is 0.0520. The molecule has 0 unspecified atom stereocenters. The van der Waals surface area contributed by atoms with E-state index >= 15 is 0 Å². The van der Waals surface area contributed by atoms with Crippen molar-refractivity contribution in [1.29, 1.82) is 0 Å². The minimum absolute atomic E-state index is 0.188. The van der Waals surface area contributed by atoms with Crippen molar-refractivity contribution in [2.75, 3.05) is 27.3 Å². The molecule has 1 N–H and O–H groups in total. The molecule has 1 aliphatic heterocycles. The Labute approximate surface area is 130 Å². The van der Waals surface area contributed by atoms with Gasteiger partial charge in [0.1, 0.15) is 11.6 Å². The van der Waals surface area contributed by atoms with E-state index in [1.807, 2.05) is 0 Å². The number of hydrogen-bond acceptors (Lipinski definition) is 3. The number of carbonyl (C=O) groups is 1. The van der Waals surface area contributed by atoms with E-state index in [1.54, 1.807) is 31.1 Å². The molecule has 1 aliphatic rings. The molecule has 0 bridgehead atoms. The number of rotatable bonds is 4. The lowest BCUT2D eigenvalue weighted by Crippen LogP contribution is -2.46. The summed E-state index contributed by atoms with van der Waals surface area (Å²) in [6.45, 7) is 3.04. The van der Waals surface area contributed by atoms with E-state index in [4.69, 9.17) is 9.47 Å². The third-order valence-corrected chi connectivity index (χ3v) is 4.07. The van der Waals surface area contributed by atoms with Gasteiger partial charge in [-0.1, -0.05) is 6.07 Å². The molecular formula is C16H23FN2O3. The maximum absolute atomic E-state index is 14.0. The minimum atomic E-state index is -0.469. The molecule has 5 nitrogen and oxygen atoms in total. The molecule has 0 aromatic heterocycles. The van der Waals surface area contributed by atoms with Crippen molar-refractivity contribution in [2.24, 2.45) is 0 Å². The molecule has 0 spiro atoms. The number of nitrogens with zero attached hydrogens (tertiary/aromatic N) is 1. The lowest BCUT2D eigenvalue weighted by atomic mass is 10.1. The molecule has 0 saturated carbocycles. The second-order valence-electron chi connectivity index (χ2n) is 5.45. The summed E-state index contributed by atoms with van der Waals surface area (Å²) < 4.78 is 24.5. The SMILES string of the molecule is COc1cccc(F)c1[C@@H](C)NC(=O)N1CCC(OC)CC1. The zero-order valence-corrected chi connectivity index (χ0v) is 13.3. The van der Waals surface area contributed by atoms with Gasteiger partial charge in [0.25, 0.3) is 0 Å². The minimum Gasteiger partial charge on any atom is -0.496 e. The van der Waals surface area contributed by atoms with Gasteiger partial charge in [-0.15, -0.1) is 0 Å². The Balaban J connectivity index is 2.00. The zero-order chi connectivity index (χ0) is 16.1. The van der Waals surface area contributed by atoms with Gasteiger partial charge in [-0.2, -0.15) is 0 Å². The van der Waals surface area contributed by atoms with Gasteiger partial charge in [-0.05, 0) is 31.9 Å². The Morgan fingerprint density at radius 3 is 2.64 bits per heavy atom. The van der Waals surface area contributed by atoms with Gasteiger partial charge in [0, 0.05) is 20.2 Å². The third-order valence-electron chi connectivity index (χ3n) is 4.07. The van der Waals surface area contributed by atoms with E-state index < -0.39 is 6.04 Å². The zero-order valence-electron chi connectivity index (χ0n) is 13.3. The van der Waals surface area contributed by atoms with Crippen LogP contribution in [0.3, 0.4) is 0 Å². The first kappa shape index (κ1) is 16.5. The summed E-state index contributed by atoms with van der Waals surface area (Å²) in [6, 6.07) is 3.98. The van der Waals surface area contributed by atoms with Crippen LogP contribution in [0.2, 0.25) is 0 Å². The summed E-state index contributed by atoms with van der Waals surface area (Å²) in [5, 5.41) is 2.84. The van der Waals surface area contributed by atoms with Crippen LogP contribution in [0.4, 0.5) is 9.18 Å². The monoisotopic (exact) mass is 310 g/mol. The molecule has 1 fully saturated rings. The Morgan fingerprint density at radius 1 is 1.36 bits per heavy atom. The summed E-state index contributed by atoms with van der Waals surface area (Å²) >= 11 is 0. The number of likely N-dealkylation sites (tertiary alicyclic amines) is 1. The van der Waals surface area contributed by atoms with Crippen molar-refractivity contribution in [3.8, 4) is 5.75 Å². The number of carbonyl (C=O) groups excluding carboxylic acids is 1. The van der Waals surface area contributed by atoms with Crippen molar-refractivity contribution in [3.63, 3.8) is 0 Å². The van der Waals surface area contributed by atoms with E-state index in [0.29, 0.717) is 24.4 Å². The van der Waals surface area contributed by atoms with Crippen LogP contribution in [-0.2, 0) is 4.74 Å². The highest BCUT2D eigenvalue weighted by molar-refractivity contribution is 5.75. The third kappa shape index (κ3) is 3.68. The molecule has 2 rings (SSSR count). The Morgan fingerprint density at radius 2 is 2.05 bits per heavy atom. The van der Waals surface area contributed by atoms with E-state index in [2.05, 4.69) is 5.32 Å². The van der Waals surface area contributed by atoms with Gasteiger partial charge in [0.15, 0.2) is 0 Å². The van der Waals surface area contributed by atoms with Gasteiger partial charge < -0.3 is 19.7 Å². The largest absolute Gasteiger partial charge is 0.496 e. The highest BCUT2D eigenvalue weighted by Gasteiger charge is 2.25. The molecule has 1 aromatic carbocycles. The molecule has 1 heterocycles. The standard InChI is InChI=1S/C16H23FN2O3/c1-11(15-13(17)5-4-6-14(15)22-3)18-16(20)19-9-7-12(21-2)8-10-19/h4-6,11-12H,7-10H2,1-3H3,(H,18,20)/t11-/m1/s1. The van der Waals surface area contributed by atoms with Crippen LogP contribution in [0.5, 0.6) is 5.75 Å². The molecule has 0 aliphatic carbocycles. The number of amides is 2. The number of nitrogens with one attached hydrogen (secondary N) is 1. The number of urea groups is 1. The van der Waals surface area contributed by atoms with Gasteiger partial charge in [0.2, 0.25) is 0 Å². The average molecular weight is 310 g/mol. The first-order valence-electron chi connectivity index (χ1n) is 7.47. The normalized spacial score (nSPS) is 17.2. The number of piperidine rings is 1. The van der Waals surface area contributed by atoms with E-state index in [-0.39, 0.29) is 18.0 Å². The summed E-state index contributed by atoms with van der Waals surface area (Å²) in [4.78, 5) is 14.0. The summed E-state index contributed by atoms with van der Waals surface area (Å²) in [7, 11) is 3.18. The number of ether oxygens (including phenoxy) is 2. The van der Waals surface area contributed by atoms with Gasteiger partial charge >= 0.3 is 6.03 Å². The second kappa shape index (κ2) is 7.45. The van der Waals surface area contributed by atoms with E-state index in [9.17, 15) is 9.18 Å². The number of methoxy groups -OCH3 is 2.